The third kappa shape index (κ3) is 4.82. The van der Waals surface area contributed by atoms with Gasteiger partial charge in [0.25, 0.3) is 5.91 Å². The average Bonchev–Trinajstić information content (AvgIpc) is 3.41. The fourth-order valence-corrected chi connectivity index (χ4v) is 3.87. The number of nitriles is 1. The highest BCUT2D eigenvalue weighted by molar-refractivity contribution is 5.92. The molecule has 0 spiro atoms. The lowest BCUT2D eigenvalue weighted by atomic mass is 9.86. The van der Waals surface area contributed by atoms with Gasteiger partial charge in [-0.1, -0.05) is 11.3 Å². The van der Waals surface area contributed by atoms with E-state index in [1.165, 1.54) is 16.9 Å². The van der Waals surface area contributed by atoms with Crippen LogP contribution in [0.15, 0.2) is 24.4 Å². The molecule has 0 bridgehead atoms. The van der Waals surface area contributed by atoms with Gasteiger partial charge >= 0.3 is 0 Å². The van der Waals surface area contributed by atoms with E-state index in [1.807, 2.05) is 13.8 Å². The summed E-state index contributed by atoms with van der Waals surface area (Å²) in [5.74, 6) is -2.32. The van der Waals surface area contributed by atoms with E-state index in [9.17, 15) is 13.6 Å². The SMILES string of the molecule is CC(C)([C@H](NC(=O)c1cn(CCCC#N)nn1)c1ccc(F)c(F)c1)N1CCCC1. The Morgan fingerprint density at radius 2 is 2.03 bits per heavy atom. The molecule has 0 radical (unpaired) electrons. The number of likely N-dealkylation sites (tertiary alicyclic amines) is 1. The lowest BCUT2D eigenvalue weighted by molar-refractivity contribution is 0.0773. The van der Waals surface area contributed by atoms with Gasteiger partial charge in [-0.15, -0.1) is 5.10 Å². The Bertz CT molecular complexity index is 930. The zero-order valence-corrected chi connectivity index (χ0v) is 17.2. The molecule has 9 heteroatoms. The maximum atomic E-state index is 14.0. The van der Waals surface area contributed by atoms with Gasteiger partial charge in [-0.3, -0.25) is 14.4 Å². The number of nitrogens with one attached hydrogen (secondary N) is 1. The second-order valence-corrected chi connectivity index (χ2v) is 8.06. The quantitative estimate of drug-likeness (QED) is 0.668. The van der Waals surface area contributed by atoms with Crippen LogP contribution in [0.4, 0.5) is 8.78 Å². The molecule has 0 unspecified atom stereocenters. The van der Waals surface area contributed by atoms with Crippen molar-refractivity contribution >= 4 is 5.91 Å². The Morgan fingerprint density at radius 1 is 1.30 bits per heavy atom. The van der Waals surface area contributed by atoms with Crippen molar-refractivity contribution in [1.29, 1.82) is 5.26 Å². The highest BCUT2D eigenvalue weighted by atomic mass is 19.2. The summed E-state index contributed by atoms with van der Waals surface area (Å²) in [6, 6.07) is 5.19. The zero-order chi connectivity index (χ0) is 21.7. The van der Waals surface area contributed by atoms with Crippen LogP contribution >= 0.6 is 0 Å². The summed E-state index contributed by atoms with van der Waals surface area (Å²) in [4.78, 5) is 15.2. The summed E-state index contributed by atoms with van der Waals surface area (Å²) in [7, 11) is 0. The van der Waals surface area contributed by atoms with Crippen molar-refractivity contribution in [2.24, 2.45) is 0 Å². The molecule has 1 aliphatic heterocycles. The molecular formula is C21H26F2N6O. The van der Waals surface area contributed by atoms with Crippen LogP contribution in [0.25, 0.3) is 0 Å². The van der Waals surface area contributed by atoms with Gasteiger partial charge in [0.15, 0.2) is 17.3 Å². The molecule has 1 amide bonds. The largest absolute Gasteiger partial charge is 0.342 e. The molecule has 1 aromatic carbocycles. The van der Waals surface area contributed by atoms with E-state index in [4.69, 9.17) is 5.26 Å². The predicted octanol–water partition coefficient (Wildman–Crippen LogP) is 3.21. The van der Waals surface area contributed by atoms with Crippen molar-refractivity contribution in [2.75, 3.05) is 13.1 Å². The topological polar surface area (TPSA) is 86.8 Å². The lowest BCUT2D eigenvalue weighted by Crippen LogP contribution is -2.52. The number of aromatic nitrogens is 3. The van der Waals surface area contributed by atoms with Crippen LogP contribution < -0.4 is 5.32 Å². The number of aryl methyl sites for hydroxylation is 1. The van der Waals surface area contributed by atoms with E-state index in [0.29, 0.717) is 24.9 Å². The van der Waals surface area contributed by atoms with Crippen molar-refractivity contribution in [2.45, 2.75) is 57.7 Å². The molecule has 1 aliphatic rings. The van der Waals surface area contributed by atoms with Crippen LogP contribution in [0.5, 0.6) is 0 Å². The van der Waals surface area contributed by atoms with Crippen LogP contribution in [-0.2, 0) is 6.54 Å². The summed E-state index contributed by atoms with van der Waals surface area (Å²) in [6.45, 7) is 6.21. The van der Waals surface area contributed by atoms with Crippen LogP contribution in [0, 0.1) is 23.0 Å². The Labute approximate surface area is 174 Å². The highest BCUT2D eigenvalue weighted by Gasteiger charge is 2.39. The summed E-state index contributed by atoms with van der Waals surface area (Å²) >= 11 is 0. The number of halogens is 2. The van der Waals surface area contributed by atoms with Gasteiger partial charge in [-0.25, -0.2) is 8.78 Å². The van der Waals surface area contributed by atoms with Crippen molar-refractivity contribution in [1.82, 2.24) is 25.2 Å². The predicted molar refractivity (Wildman–Crippen MR) is 106 cm³/mol. The van der Waals surface area contributed by atoms with Crippen molar-refractivity contribution < 1.29 is 13.6 Å². The van der Waals surface area contributed by atoms with Gasteiger partial charge in [-0.05, 0) is 63.9 Å². The normalized spacial score (nSPS) is 15.7. The van der Waals surface area contributed by atoms with Crippen LogP contribution in [0.2, 0.25) is 0 Å². The Morgan fingerprint density at radius 3 is 2.70 bits per heavy atom. The minimum atomic E-state index is -0.951. The molecule has 1 atom stereocenters. The average molecular weight is 416 g/mol. The Balaban J connectivity index is 1.84. The standard InChI is InChI=1S/C21H26F2N6O/c1-21(2,28-10-5-6-11-28)19(15-7-8-16(22)17(23)13-15)25-20(30)18-14-29(27-26-18)12-4-3-9-24/h7-8,13-14,19H,3-6,10-12H2,1-2H3,(H,25,30)/t19-/m1/s1. The molecule has 30 heavy (non-hydrogen) atoms. The Kier molecular flexibility index (Phi) is 6.77. The number of hydrogen-bond acceptors (Lipinski definition) is 5. The maximum absolute atomic E-state index is 14.0. The molecule has 2 heterocycles. The first kappa shape index (κ1) is 21.8. The van der Waals surface area contributed by atoms with Gasteiger partial charge in [0, 0.05) is 18.5 Å². The van der Waals surface area contributed by atoms with E-state index < -0.39 is 29.1 Å². The molecule has 1 saturated heterocycles. The molecular weight excluding hydrogens is 390 g/mol. The number of benzene rings is 1. The molecule has 1 aromatic heterocycles. The first-order chi connectivity index (χ1) is 14.3. The van der Waals surface area contributed by atoms with Gasteiger partial charge in [0.1, 0.15) is 0 Å². The second-order valence-electron chi connectivity index (χ2n) is 8.06. The molecule has 0 saturated carbocycles. The van der Waals surface area contributed by atoms with Crippen LogP contribution in [0.1, 0.15) is 61.6 Å². The maximum Gasteiger partial charge on any atom is 0.274 e. The second kappa shape index (κ2) is 9.30. The fraction of sp³-hybridized carbons (Fsp3) is 0.524. The molecule has 3 rings (SSSR count). The van der Waals surface area contributed by atoms with Crippen molar-refractivity contribution in [3.8, 4) is 6.07 Å². The van der Waals surface area contributed by atoms with Gasteiger partial charge in [0.05, 0.1) is 18.3 Å². The number of unbranched alkanes of at least 4 members (excludes halogenated alkanes) is 1. The molecule has 160 valence electrons. The molecule has 1 N–H and O–H groups in total. The van der Waals surface area contributed by atoms with E-state index in [2.05, 4.69) is 26.6 Å². The van der Waals surface area contributed by atoms with E-state index in [1.54, 1.807) is 0 Å². The van der Waals surface area contributed by atoms with Gasteiger partial charge in [0.2, 0.25) is 0 Å². The number of carbonyl (C=O) groups is 1. The van der Waals surface area contributed by atoms with E-state index in [-0.39, 0.29) is 5.69 Å². The van der Waals surface area contributed by atoms with Crippen molar-refractivity contribution in [3.63, 3.8) is 0 Å². The Hall–Kier alpha value is -2.86. The minimum absolute atomic E-state index is 0.136. The smallest absolute Gasteiger partial charge is 0.274 e. The number of rotatable bonds is 8. The van der Waals surface area contributed by atoms with E-state index in [0.717, 1.165) is 38.1 Å². The van der Waals surface area contributed by atoms with Crippen molar-refractivity contribution in [3.05, 3.63) is 47.3 Å². The fourth-order valence-electron chi connectivity index (χ4n) is 3.87. The zero-order valence-electron chi connectivity index (χ0n) is 17.2. The first-order valence-corrected chi connectivity index (χ1v) is 10.1. The summed E-state index contributed by atoms with van der Waals surface area (Å²) in [5.41, 5.74) is 0.0940. The molecule has 0 aliphatic carbocycles. The summed E-state index contributed by atoms with van der Waals surface area (Å²) in [5, 5.41) is 19.4. The molecule has 2 aromatic rings. The number of nitrogens with zero attached hydrogens (tertiary/aromatic N) is 5. The first-order valence-electron chi connectivity index (χ1n) is 10.1. The summed E-state index contributed by atoms with van der Waals surface area (Å²) in [6.07, 6.45) is 4.64. The molecule has 7 nitrogen and oxygen atoms in total. The monoisotopic (exact) mass is 416 g/mol. The number of carbonyl (C=O) groups excluding carboxylic acids is 1. The highest BCUT2D eigenvalue weighted by Crippen LogP contribution is 2.34. The lowest BCUT2D eigenvalue weighted by Gasteiger charge is -2.42. The van der Waals surface area contributed by atoms with E-state index >= 15 is 0 Å². The third-order valence-electron chi connectivity index (χ3n) is 5.63. The van der Waals surface area contributed by atoms with Crippen LogP contribution in [0.3, 0.4) is 0 Å². The van der Waals surface area contributed by atoms with Gasteiger partial charge < -0.3 is 5.32 Å². The number of amides is 1. The molecule has 1 fully saturated rings. The number of hydrogen-bond donors (Lipinski definition) is 1. The van der Waals surface area contributed by atoms with Crippen LogP contribution in [-0.4, -0.2) is 44.4 Å². The minimum Gasteiger partial charge on any atom is -0.342 e. The van der Waals surface area contributed by atoms with Gasteiger partial charge in [-0.2, -0.15) is 5.26 Å². The third-order valence-corrected chi connectivity index (χ3v) is 5.63. The summed E-state index contributed by atoms with van der Waals surface area (Å²) < 4.78 is 29.0.